The number of nitrogens with one attached hydrogen (secondary N) is 1. The van der Waals surface area contributed by atoms with E-state index in [0.717, 1.165) is 62.3 Å². The Morgan fingerprint density at radius 2 is 2.07 bits per heavy atom. The van der Waals surface area contributed by atoms with Crippen LogP contribution in [-0.2, 0) is 11.3 Å². The van der Waals surface area contributed by atoms with E-state index in [0.29, 0.717) is 23.9 Å². The van der Waals surface area contributed by atoms with Crippen molar-refractivity contribution in [3.8, 4) is 11.3 Å². The van der Waals surface area contributed by atoms with Crippen LogP contribution in [-0.4, -0.2) is 51.0 Å². The van der Waals surface area contributed by atoms with Crippen molar-refractivity contribution in [2.24, 2.45) is 11.8 Å². The Kier molecular flexibility index (Phi) is 5.46. The van der Waals surface area contributed by atoms with E-state index in [1.807, 2.05) is 35.1 Å². The van der Waals surface area contributed by atoms with Crippen LogP contribution >= 0.6 is 0 Å². The van der Waals surface area contributed by atoms with Gasteiger partial charge in [0.15, 0.2) is 0 Å². The van der Waals surface area contributed by atoms with Crippen LogP contribution in [0.25, 0.3) is 11.3 Å². The van der Waals surface area contributed by atoms with Crippen molar-refractivity contribution in [1.29, 1.82) is 0 Å². The van der Waals surface area contributed by atoms with Crippen molar-refractivity contribution in [1.82, 2.24) is 25.2 Å². The second-order valence-electron chi connectivity index (χ2n) is 9.33. The van der Waals surface area contributed by atoms with E-state index in [9.17, 15) is 4.79 Å². The SMILES string of the molecule is Nc1cccc(-c2cn(C[C@H]3CC4CCN3C[C@@H]4C(=O)NC3CCCCC3)nn2)c1. The number of anilines is 1. The molecule has 3 aliphatic heterocycles. The summed E-state index contributed by atoms with van der Waals surface area (Å²) in [7, 11) is 0. The number of hydrogen-bond donors (Lipinski definition) is 2. The number of piperidine rings is 3. The maximum Gasteiger partial charge on any atom is 0.224 e. The van der Waals surface area contributed by atoms with Crippen molar-refractivity contribution in [3.05, 3.63) is 30.5 Å². The molecular weight excluding hydrogens is 376 g/mol. The number of nitrogen functional groups attached to an aromatic ring is 1. The number of benzene rings is 1. The maximum absolute atomic E-state index is 12.9. The molecule has 1 aromatic heterocycles. The first kappa shape index (κ1) is 19.5. The number of hydrogen-bond acceptors (Lipinski definition) is 5. The van der Waals surface area contributed by atoms with Crippen LogP contribution in [0.3, 0.4) is 0 Å². The van der Waals surface area contributed by atoms with Gasteiger partial charge >= 0.3 is 0 Å². The van der Waals surface area contributed by atoms with Gasteiger partial charge in [0.1, 0.15) is 5.69 Å². The number of aromatic nitrogens is 3. The number of rotatable bonds is 5. The van der Waals surface area contributed by atoms with Crippen LogP contribution in [0.5, 0.6) is 0 Å². The predicted octanol–water partition coefficient (Wildman–Crippen LogP) is 2.69. The number of nitrogens with two attached hydrogens (primary N) is 1. The lowest BCUT2D eigenvalue weighted by molar-refractivity contribution is -0.134. The van der Waals surface area contributed by atoms with E-state index in [1.54, 1.807) is 0 Å². The van der Waals surface area contributed by atoms with E-state index in [1.165, 1.54) is 19.3 Å². The van der Waals surface area contributed by atoms with Crippen LogP contribution in [0.2, 0.25) is 0 Å². The zero-order chi connectivity index (χ0) is 20.5. The van der Waals surface area contributed by atoms with Gasteiger partial charge < -0.3 is 11.1 Å². The minimum Gasteiger partial charge on any atom is -0.399 e. The Labute approximate surface area is 178 Å². The normalized spacial score (nSPS) is 29.1. The molecular formula is C23H32N6O. The highest BCUT2D eigenvalue weighted by molar-refractivity contribution is 5.79. The van der Waals surface area contributed by atoms with Gasteiger partial charge in [-0.1, -0.05) is 36.6 Å². The van der Waals surface area contributed by atoms with E-state index in [2.05, 4.69) is 20.5 Å². The molecule has 7 nitrogen and oxygen atoms in total. The van der Waals surface area contributed by atoms with Crippen LogP contribution in [0.15, 0.2) is 30.5 Å². The molecule has 160 valence electrons. The highest BCUT2D eigenvalue weighted by Gasteiger charge is 2.43. The first-order chi connectivity index (χ1) is 14.7. The molecule has 7 heteroatoms. The van der Waals surface area contributed by atoms with Gasteiger partial charge in [-0.2, -0.15) is 0 Å². The third kappa shape index (κ3) is 4.08. The van der Waals surface area contributed by atoms with E-state index in [-0.39, 0.29) is 5.92 Å². The number of carbonyl (C=O) groups is 1. The van der Waals surface area contributed by atoms with Crippen LogP contribution < -0.4 is 11.1 Å². The second-order valence-corrected chi connectivity index (χ2v) is 9.33. The van der Waals surface area contributed by atoms with Crippen molar-refractivity contribution in [3.63, 3.8) is 0 Å². The number of carbonyl (C=O) groups excluding carboxylic acids is 1. The zero-order valence-electron chi connectivity index (χ0n) is 17.5. The Morgan fingerprint density at radius 3 is 2.83 bits per heavy atom. The Bertz CT molecular complexity index is 889. The predicted molar refractivity (Wildman–Crippen MR) is 116 cm³/mol. The quantitative estimate of drug-likeness (QED) is 0.743. The summed E-state index contributed by atoms with van der Waals surface area (Å²) < 4.78 is 1.95. The Balaban J connectivity index is 1.20. The first-order valence-corrected chi connectivity index (χ1v) is 11.5. The molecule has 4 heterocycles. The van der Waals surface area contributed by atoms with Gasteiger partial charge in [0.05, 0.1) is 18.7 Å². The van der Waals surface area contributed by atoms with Crippen LogP contribution in [0.1, 0.15) is 44.9 Å². The molecule has 4 aliphatic rings. The first-order valence-electron chi connectivity index (χ1n) is 11.5. The van der Waals surface area contributed by atoms with Crippen molar-refractivity contribution in [2.75, 3.05) is 18.8 Å². The minimum absolute atomic E-state index is 0.149. The zero-order valence-corrected chi connectivity index (χ0v) is 17.5. The molecule has 4 fully saturated rings. The lowest BCUT2D eigenvalue weighted by Gasteiger charge is -2.49. The number of nitrogens with zero attached hydrogens (tertiary/aromatic N) is 4. The molecule has 0 spiro atoms. The number of fused-ring (bicyclic) bond motifs is 3. The second kappa shape index (κ2) is 8.38. The summed E-state index contributed by atoms with van der Waals surface area (Å²) in [5.41, 5.74) is 8.47. The molecule has 1 aromatic carbocycles. The van der Waals surface area contributed by atoms with Gasteiger partial charge in [0, 0.05) is 29.9 Å². The van der Waals surface area contributed by atoms with Gasteiger partial charge in [-0.3, -0.25) is 14.4 Å². The van der Waals surface area contributed by atoms with Crippen molar-refractivity contribution >= 4 is 11.6 Å². The summed E-state index contributed by atoms with van der Waals surface area (Å²) in [6.07, 6.45) is 10.3. The highest BCUT2D eigenvalue weighted by atomic mass is 16.2. The molecule has 6 rings (SSSR count). The average molecular weight is 409 g/mol. The van der Waals surface area contributed by atoms with E-state index < -0.39 is 0 Å². The fourth-order valence-electron chi connectivity index (χ4n) is 5.61. The highest BCUT2D eigenvalue weighted by Crippen LogP contribution is 2.37. The molecule has 1 amide bonds. The third-order valence-corrected chi connectivity index (χ3v) is 7.29. The van der Waals surface area contributed by atoms with Gasteiger partial charge in [-0.15, -0.1) is 5.10 Å². The monoisotopic (exact) mass is 408 g/mol. The maximum atomic E-state index is 12.9. The average Bonchev–Trinajstić information content (AvgIpc) is 3.23. The summed E-state index contributed by atoms with van der Waals surface area (Å²) in [5.74, 6) is 0.927. The summed E-state index contributed by atoms with van der Waals surface area (Å²) in [6, 6.07) is 8.58. The molecule has 0 radical (unpaired) electrons. The molecule has 3 N–H and O–H groups in total. The molecule has 1 aliphatic carbocycles. The van der Waals surface area contributed by atoms with Gasteiger partial charge in [0.2, 0.25) is 5.91 Å². The number of amides is 1. The van der Waals surface area contributed by atoms with E-state index in [4.69, 9.17) is 5.73 Å². The van der Waals surface area contributed by atoms with Gasteiger partial charge in [-0.25, -0.2) is 0 Å². The molecule has 1 saturated carbocycles. The fourth-order valence-corrected chi connectivity index (χ4v) is 5.61. The molecule has 3 saturated heterocycles. The van der Waals surface area contributed by atoms with E-state index >= 15 is 0 Å². The lowest BCUT2D eigenvalue weighted by Crippen LogP contribution is -2.58. The summed E-state index contributed by atoms with van der Waals surface area (Å²) in [4.78, 5) is 15.4. The standard InChI is InChI=1S/C23H32N6O/c24-18-6-4-5-17(11-18)22-15-29(27-26-22)13-20-12-16-9-10-28(20)14-21(16)23(30)25-19-7-2-1-3-8-19/h4-6,11,15-16,19-21H,1-3,7-10,12-14,24H2,(H,25,30)/t16?,20-,21+/m1/s1. The lowest BCUT2D eigenvalue weighted by atomic mass is 9.75. The Morgan fingerprint density at radius 1 is 1.20 bits per heavy atom. The van der Waals surface area contributed by atoms with Gasteiger partial charge in [-0.05, 0) is 50.3 Å². The molecule has 2 unspecified atom stereocenters. The fraction of sp³-hybridized carbons (Fsp3) is 0.609. The molecule has 2 bridgehead atoms. The third-order valence-electron chi connectivity index (χ3n) is 7.29. The van der Waals surface area contributed by atoms with Crippen molar-refractivity contribution in [2.45, 2.75) is 63.6 Å². The molecule has 30 heavy (non-hydrogen) atoms. The smallest absolute Gasteiger partial charge is 0.224 e. The van der Waals surface area contributed by atoms with Crippen LogP contribution in [0.4, 0.5) is 5.69 Å². The van der Waals surface area contributed by atoms with Crippen molar-refractivity contribution < 1.29 is 4.79 Å². The summed E-state index contributed by atoms with van der Waals surface area (Å²) in [5, 5.41) is 12.1. The topological polar surface area (TPSA) is 89.1 Å². The molecule has 4 atom stereocenters. The minimum atomic E-state index is 0.149. The summed E-state index contributed by atoms with van der Waals surface area (Å²) >= 11 is 0. The summed E-state index contributed by atoms with van der Waals surface area (Å²) in [6.45, 7) is 2.78. The van der Waals surface area contributed by atoms with Gasteiger partial charge in [0.25, 0.3) is 0 Å². The largest absolute Gasteiger partial charge is 0.399 e. The van der Waals surface area contributed by atoms with Crippen LogP contribution in [0, 0.1) is 11.8 Å². The molecule has 2 aromatic rings. The Hall–Kier alpha value is -2.41.